The van der Waals surface area contributed by atoms with Crippen LogP contribution in [-0.4, -0.2) is 67.7 Å². The Labute approximate surface area is 341 Å². The number of ketones is 2. The van der Waals surface area contributed by atoms with Crippen molar-refractivity contribution in [2.45, 2.75) is 66.2 Å². The highest BCUT2D eigenvalue weighted by atomic mass is 16.1. The van der Waals surface area contributed by atoms with Crippen molar-refractivity contribution in [2.75, 3.05) is 36.0 Å². The quantitative estimate of drug-likeness (QED) is 0.100. The van der Waals surface area contributed by atoms with Crippen LogP contribution in [0.4, 0.5) is 11.4 Å². The molecular formula is C48H52N8O2. The fourth-order valence-corrected chi connectivity index (χ4v) is 7.37. The number of anilines is 2. The van der Waals surface area contributed by atoms with E-state index in [4.69, 9.17) is 0 Å². The molecule has 0 amide bonds. The highest BCUT2D eigenvalue weighted by Crippen LogP contribution is 2.23. The first-order valence-electron chi connectivity index (χ1n) is 20.4. The molecule has 6 aromatic rings. The summed E-state index contributed by atoms with van der Waals surface area (Å²) in [5.41, 5.74) is 10.9. The van der Waals surface area contributed by atoms with Crippen molar-refractivity contribution in [1.29, 1.82) is 0 Å². The molecule has 2 aromatic heterocycles. The molecule has 58 heavy (non-hydrogen) atoms. The van der Waals surface area contributed by atoms with Gasteiger partial charge in [-0.25, -0.2) is 9.36 Å². The predicted molar refractivity (Wildman–Crippen MR) is 233 cm³/mol. The van der Waals surface area contributed by atoms with Gasteiger partial charge < -0.3 is 9.80 Å². The summed E-state index contributed by atoms with van der Waals surface area (Å²) in [4.78, 5) is 30.1. The Morgan fingerprint density at radius 3 is 1.12 bits per heavy atom. The molecule has 4 aromatic carbocycles. The molecule has 4 heterocycles. The van der Waals surface area contributed by atoms with E-state index in [1.165, 1.54) is 61.0 Å². The predicted octanol–water partition coefficient (Wildman–Crippen LogP) is 9.54. The van der Waals surface area contributed by atoms with Crippen LogP contribution in [-0.2, 0) is 0 Å². The zero-order chi connectivity index (χ0) is 40.4. The molecule has 296 valence electrons. The maximum absolute atomic E-state index is 12.6. The molecule has 0 N–H and O–H groups in total. The molecule has 2 aliphatic heterocycles. The Hall–Kier alpha value is -6.42. The van der Waals surface area contributed by atoms with Crippen LogP contribution in [0.2, 0.25) is 0 Å². The lowest BCUT2D eigenvalue weighted by molar-refractivity contribution is 0.103. The molecule has 8 rings (SSSR count). The van der Waals surface area contributed by atoms with Gasteiger partial charge in [0.15, 0.2) is 11.4 Å². The second-order valence-electron chi connectivity index (χ2n) is 15.2. The number of rotatable bonds is 10. The van der Waals surface area contributed by atoms with Crippen molar-refractivity contribution in [1.82, 2.24) is 30.0 Å². The lowest BCUT2D eigenvalue weighted by atomic mass is 10.1. The van der Waals surface area contributed by atoms with Gasteiger partial charge in [0.1, 0.15) is 0 Å². The number of hydrogen-bond donors (Lipinski definition) is 0. The molecule has 0 bridgehead atoms. The summed E-state index contributed by atoms with van der Waals surface area (Å²) in [6.45, 7) is 12.3. The molecule has 0 unspecified atom stereocenters. The first-order valence-corrected chi connectivity index (χ1v) is 20.4. The number of carbonyl (C=O) groups is 2. The molecule has 2 fully saturated rings. The van der Waals surface area contributed by atoms with Gasteiger partial charge in [-0.1, -0.05) is 82.2 Å². The fraction of sp³-hybridized carbons (Fsp3) is 0.292. The van der Waals surface area contributed by atoms with Crippen molar-refractivity contribution in [3.8, 4) is 11.4 Å². The minimum atomic E-state index is -0.138. The molecule has 10 heteroatoms. The van der Waals surface area contributed by atoms with Crippen molar-refractivity contribution < 1.29 is 9.59 Å². The number of hydrogen-bond acceptors (Lipinski definition) is 8. The Morgan fingerprint density at radius 2 is 0.776 bits per heavy atom. The third kappa shape index (κ3) is 9.74. The van der Waals surface area contributed by atoms with Crippen molar-refractivity contribution in [3.63, 3.8) is 0 Å². The molecule has 2 saturated heterocycles. The van der Waals surface area contributed by atoms with Crippen molar-refractivity contribution in [3.05, 3.63) is 154 Å². The zero-order valence-corrected chi connectivity index (χ0v) is 34.0. The minimum Gasteiger partial charge on any atom is -0.372 e. The number of benzene rings is 4. The average molecular weight is 773 g/mol. The van der Waals surface area contributed by atoms with Gasteiger partial charge in [0.05, 0.1) is 22.8 Å². The maximum atomic E-state index is 12.6. The van der Waals surface area contributed by atoms with Gasteiger partial charge in [-0.15, -0.1) is 10.2 Å². The molecule has 10 nitrogen and oxygen atoms in total. The average Bonchev–Trinajstić information content (AvgIpc) is 3.85. The first-order chi connectivity index (χ1) is 28.2. The molecule has 0 aliphatic carbocycles. The van der Waals surface area contributed by atoms with Crippen LogP contribution in [0.15, 0.2) is 109 Å². The molecule has 0 spiro atoms. The summed E-state index contributed by atoms with van der Waals surface area (Å²) in [6.07, 6.45) is 14.5. The standard InChI is InChI=1S/2C24H26N4O/c2*1-18-6-11-22(12-7-18)28-19(2)24(25-26-28)23(29)15-10-20-8-13-21(14-9-20)27-16-4-3-5-17-27/h2*6-15H,3-5,16-17H2,1-2H3/b2*15-10+. The lowest BCUT2D eigenvalue weighted by Crippen LogP contribution is -2.29. The fourth-order valence-electron chi connectivity index (χ4n) is 7.37. The van der Waals surface area contributed by atoms with Crippen molar-refractivity contribution >= 4 is 35.1 Å². The summed E-state index contributed by atoms with van der Waals surface area (Å²) >= 11 is 0. The third-order valence-electron chi connectivity index (χ3n) is 10.9. The van der Waals surface area contributed by atoms with Gasteiger partial charge in [0, 0.05) is 37.6 Å². The van der Waals surface area contributed by atoms with Gasteiger partial charge in [0.25, 0.3) is 0 Å². The number of allylic oxidation sites excluding steroid dienone is 2. The maximum Gasteiger partial charge on any atom is 0.208 e. The van der Waals surface area contributed by atoms with Gasteiger partial charge in [-0.05, 0) is 138 Å². The van der Waals surface area contributed by atoms with E-state index in [1.54, 1.807) is 21.5 Å². The second kappa shape index (κ2) is 18.7. The second-order valence-corrected chi connectivity index (χ2v) is 15.2. The van der Waals surface area contributed by atoms with Crippen LogP contribution in [0.5, 0.6) is 0 Å². The van der Waals surface area contributed by atoms with Gasteiger partial charge in [-0.3, -0.25) is 9.59 Å². The van der Waals surface area contributed by atoms with Crippen LogP contribution < -0.4 is 9.80 Å². The summed E-state index contributed by atoms with van der Waals surface area (Å²) in [5.74, 6) is -0.276. The topological polar surface area (TPSA) is 102 Å². The smallest absolute Gasteiger partial charge is 0.208 e. The molecule has 0 radical (unpaired) electrons. The SMILES string of the molecule is Cc1ccc(-n2nnc(C(=O)/C=C/c3ccc(N4CCCCC4)cc3)c2C)cc1.Cc1ccc(-n2nnc(C(=O)/C=C/c3ccc(N4CCCCC4)cc3)c2C)cc1. The summed E-state index contributed by atoms with van der Waals surface area (Å²) in [5, 5.41) is 16.5. The molecule has 2 aliphatic rings. The van der Waals surface area contributed by atoms with Crippen LogP contribution in [0.25, 0.3) is 23.5 Å². The normalized spacial score (nSPS) is 14.5. The van der Waals surface area contributed by atoms with E-state index < -0.39 is 0 Å². The van der Waals surface area contributed by atoms with E-state index in [9.17, 15) is 9.59 Å². The van der Waals surface area contributed by atoms with Gasteiger partial charge in [-0.2, -0.15) is 0 Å². The number of piperidine rings is 2. The van der Waals surface area contributed by atoms with Crippen LogP contribution in [0, 0.1) is 27.7 Å². The molecular weight excluding hydrogens is 721 g/mol. The Kier molecular flexibility index (Phi) is 12.8. The summed E-state index contributed by atoms with van der Waals surface area (Å²) in [7, 11) is 0. The van der Waals surface area contributed by atoms with E-state index in [2.05, 4.69) is 79.0 Å². The van der Waals surface area contributed by atoms with Gasteiger partial charge in [0.2, 0.25) is 11.6 Å². The number of nitrogens with zero attached hydrogens (tertiary/aromatic N) is 8. The number of aryl methyl sites for hydroxylation is 2. The molecule has 0 atom stereocenters. The molecule has 0 saturated carbocycles. The van der Waals surface area contributed by atoms with E-state index in [-0.39, 0.29) is 11.6 Å². The van der Waals surface area contributed by atoms with E-state index in [1.807, 2.05) is 88.4 Å². The Bertz CT molecular complexity index is 2190. The van der Waals surface area contributed by atoms with Crippen LogP contribution in [0.1, 0.15) is 93.1 Å². The number of aromatic nitrogens is 6. The first kappa shape index (κ1) is 39.8. The van der Waals surface area contributed by atoms with Crippen LogP contribution >= 0.6 is 0 Å². The monoisotopic (exact) mass is 772 g/mol. The largest absolute Gasteiger partial charge is 0.372 e. The van der Waals surface area contributed by atoms with E-state index in [0.29, 0.717) is 11.4 Å². The van der Waals surface area contributed by atoms with E-state index >= 15 is 0 Å². The minimum absolute atomic E-state index is 0.138. The highest BCUT2D eigenvalue weighted by Gasteiger charge is 2.17. The Morgan fingerprint density at radius 1 is 0.448 bits per heavy atom. The highest BCUT2D eigenvalue weighted by molar-refractivity contribution is 6.06. The summed E-state index contributed by atoms with van der Waals surface area (Å²) < 4.78 is 3.40. The lowest BCUT2D eigenvalue weighted by Gasteiger charge is -2.28. The van der Waals surface area contributed by atoms with Crippen LogP contribution in [0.3, 0.4) is 0 Å². The van der Waals surface area contributed by atoms with Gasteiger partial charge >= 0.3 is 0 Å². The van der Waals surface area contributed by atoms with E-state index in [0.717, 1.165) is 60.1 Å². The third-order valence-corrected chi connectivity index (χ3v) is 10.9. The Balaban J connectivity index is 0.000000177. The zero-order valence-electron chi connectivity index (χ0n) is 34.0. The number of carbonyl (C=O) groups excluding carboxylic acids is 2. The summed E-state index contributed by atoms with van der Waals surface area (Å²) in [6, 6.07) is 32.8. The van der Waals surface area contributed by atoms with Crippen molar-refractivity contribution in [2.24, 2.45) is 0 Å².